The van der Waals surface area contributed by atoms with Crippen molar-refractivity contribution in [3.63, 3.8) is 0 Å². The van der Waals surface area contributed by atoms with Gasteiger partial charge in [0, 0.05) is 18.9 Å². The number of hydrogen-bond donors (Lipinski definition) is 0. The normalized spacial score (nSPS) is 19.9. The molecule has 1 unspecified atom stereocenters. The fourth-order valence-electron chi connectivity index (χ4n) is 5.66. The first-order valence-electron chi connectivity index (χ1n) is 10.8. The molecule has 0 N–H and O–H groups in total. The number of aryl methyl sites for hydroxylation is 3. The minimum Gasteiger partial charge on any atom is -0.207 e. The SMILES string of the molecule is CC1=C(c2cc(C)cc(C)c2C)c2c3c1c(C1CCC(F)(F)C1)ccc3cc[n+]2C. The van der Waals surface area contributed by atoms with Crippen molar-refractivity contribution < 1.29 is 13.3 Å². The van der Waals surface area contributed by atoms with Crippen molar-refractivity contribution in [2.45, 2.75) is 58.8 Å². The van der Waals surface area contributed by atoms with Gasteiger partial charge in [0.2, 0.25) is 11.6 Å². The smallest absolute Gasteiger partial charge is 0.207 e. The van der Waals surface area contributed by atoms with E-state index in [1.165, 1.54) is 55.4 Å². The van der Waals surface area contributed by atoms with Gasteiger partial charge in [0.15, 0.2) is 6.20 Å². The van der Waals surface area contributed by atoms with E-state index in [4.69, 9.17) is 0 Å². The predicted molar refractivity (Wildman–Crippen MR) is 119 cm³/mol. The number of aromatic nitrogens is 1. The zero-order valence-corrected chi connectivity index (χ0v) is 18.4. The van der Waals surface area contributed by atoms with E-state index < -0.39 is 5.92 Å². The van der Waals surface area contributed by atoms with Gasteiger partial charge in [-0.05, 0) is 78.8 Å². The van der Waals surface area contributed by atoms with Gasteiger partial charge in [-0.3, -0.25) is 0 Å². The number of rotatable bonds is 2. The highest BCUT2D eigenvalue weighted by atomic mass is 19.3. The van der Waals surface area contributed by atoms with Gasteiger partial charge in [-0.15, -0.1) is 0 Å². The molecule has 2 aromatic carbocycles. The van der Waals surface area contributed by atoms with Crippen molar-refractivity contribution in [2.75, 3.05) is 0 Å². The maximum Gasteiger partial charge on any atom is 0.248 e. The summed E-state index contributed by atoms with van der Waals surface area (Å²) in [5.74, 6) is -2.62. The van der Waals surface area contributed by atoms with Crippen molar-refractivity contribution in [1.29, 1.82) is 0 Å². The number of alkyl halides is 2. The van der Waals surface area contributed by atoms with E-state index in [0.717, 1.165) is 5.56 Å². The van der Waals surface area contributed by atoms with Gasteiger partial charge < -0.3 is 0 Å². The van der Waals surface area contributed by atoms with E-state index in [1.807, 2.05) is 0 Å². The number of pyridine rings is 1. The molecule has 1 fully saturated rings. The standard InChI is InChI=1S/C27H28F2N/c1-15-12-16(2)17(3)22(13-15)24-18(4)23-21(20-8-10-27(28,29)14-20)7-6-19-9-11-30(5)26(24)25(19)23/h6-7,9,11-13,20H,8,10,14H2,1-5H3/q+1. The Labute approximate surface area is 177 Å². The molecular weight excluding hydrogens is 376 g/mol. The van der Waals surface area contributed by atoms with E-state index in [0.29, 0.717) is 6.42 Å². The summed E-state index contributed by atoms with van der Waals surface area (Å²) in [5, 5.41) is 2.40. The zero-order chi connectivity index (χ0) is 21.4. The van der Waals surface area contributed by atoms with Crippen molar-refractivity contribution in [1.82, 2.24) is 0 Å². The third-order valence-electron chi connectivity index (χ3n) is 7.25. The molecule has 154 valence electrons. The van der Waals surface area contributed by atoms with Crippen LogP contribution < -0.4 is 4.57 Å². The molecule has 0 saturated heterocycles. The second kappa shape index (κ2) is 6.47. The predicted octanol–water partition coefficient (Wildman–Crippen LogP) is 6.78. The minimum atomic E-state index is -2.54. The molecule has 1 saturated carbocycles. The minimum absolute atomic E-state index is 0.00360. The van der Waals surface area contributed by atoms with Crippen LogP contribution in [-0.4, -0.2) is 5.92 Å². The molecule has 3 aromatic rings. The molecule has 2 aliphatic rings. The quantitative estimate of drug-likeness (QED) is 0.414. The van der Waals surface area contributed by atoms with E-state index in [-0.39, 0.29) is 18.8 Å². The first-order chi connectivity index (χ1) is 14.2. The van der Waals surface area contributed by atoms with Crippen LogP contribution in [0.4, 0.5) is 8.78 Å². The lowest BCUT2D eigenvalue weighted by atomic mass is 9.87. The third-order valence-corrected chi connectivity index (χ3v) is 7.25. The number of hydrogen-bond acceptors (Lipinski definition) is 0. The third kappa shape index (κ3) is 2.74. The Morgan fingerprint density at radius 2 is 1.80 bits per heavy atom. The van der Waals surface area contributed by atoms with Crippen LogP contribution in [0.25, 0.3) is 21.9 Å². The highest BCUT2D eigenvalue weighted by Gasteiger charge is 2.42. The molecule has 0 amide bonds. The maximum absolute atomic E-state index is 14.1. The Balaban J connectivity index is 1.83. The summed E-state index contributed by atoms with van der Waals surface area (Å²) >= 11 is 0. The average molecular weight is 405 g/mol. The van der Waals surface area contributed by atoms with Gasteiger partial charge in [-0.25, -0.2) is 13.3 Å². The van der Waals surface area contributed by atoms with Crippen LogP contribution in [0.5, 0.6) is 0 Å². The zero-order valence-electron chi connectivity index (χ0n) is 18.4. The fraction of sp³-hybridized carbons (Fsp3) is 0.370. The van der Waals surface area contributed by atoms with Crippen LogP contribution in [0, 0.1) is 20.8 Å². The molecule has 1 atom stereocenters. The van der Waals surface area contributed by atoms with Crippen LogP contribution >= 0.6 is 0 Å². The number of benzene rings is 2. The number of allylic oxidation sites excluding steroid dienone is 1. The van der Waals surface area contributed by atoms with Gasteiger partial charge in [-0.1, -0.05) is 29.8 Å². The molecule has 0 bridgehead atoms. The van der Waals surface area contributed by atoms with Gasteiger partial charge in [0.05, 0.1) is 11.0 Å². The van der Waals surface area contributed by atoms with Crippen molar-refractivity contribution in [3.05, 3.63) is 75.6 Å². The highest BCUT2D eigenvalue weighted by Crippen LogP contribution is 2.51. The van der Waals surface area contributed by atoms with Gasteiger partial charge >= 0.3 is 0 Å². The van der Waals surface area contributed by atoms with E-state index in [1.54, 1.807) is 0 Å². The summed E-state index contributed by atoms with van der Waals surface area (Å²) in [7, 11) is 2.09. The Hall–Kier alpha value is -2.55. The first-order valence-corrected chi connectivity index (χ1v) is 10.8. The molecule has 0 spiro atoms. The van der Waals surface area contributed by atoms with Gasteiger partial charge in [0.25, 0.3) is 0 Å². The average Bonchev–Trinajstić information content (AvgIpc) is 3.20. The van der Waals surface area contributed by atoms with Crippen molar-refractivity contribution in [3.8, 4) is 0 Å². The van der Waals surface area contributed by atoms with Crippen LogP contribution in [0.2, 0.25) is 0 Å². The van der Waals surface area contributed by atoms with E-state index in [9.17, 15) is 8.78 Å². The van der Waals surface area contributed by atoms with Crippen LogP contribution in [-0.2, 0) is 7.05 Å². The molecule has 1 aromatic heterocycles. The molecule has 30 heavy (non-hydrogen) atoms. The van der Waals surface area contributed by atoms with Crippen LogP contribution in [0.15, 0.2) is 36.5 Å². The van der Waals surface area contributed by atoms with Crippen molar-refractivity contribution in [2.24, 2.45) is 7.05 Å². The Kier molecular flexibility index (Phi) is 4.19. The summed E-state index contributed by atoms with van der Waals surface area (Å²) in [6.45, 7) is 8.67. The van der Waals surface area contributed by atoms with E-state index >= 15 is 0 Å². The highest BCUT2D eigenvalue weighted by molar-refractivity contribution is 6.16. The summed E-state index contributed by atoms with van der Waals surface area (Å²) < 4.78 is 30.3. The molecule has 0 radical (unpaired) electrons. The summed E-state index contributed by atoms with van der Waals surface area (Å²) in [4.78, 5) is 0. The lowest BCUT2D eigenvalue weighted by molar-refractivity contribution is -0.672. The largest absolute Gasteiger partial charge is 0.248 e. The second-order valence-electron chi connectivity index (χ2n) is 9.32. The molecule has 1 heterocycles. The lowest BCUT2D eigenvalue weighted by Gasteiger charge is -2.16. The summed E-state index contributed by atoms with van der Waals surface area (Å²) in [6.07, 6.45) is 2.63. The summed E-state index contributed by atoms with van der Waals surface area (Å²) in [5.41, 5.74) is 11.0. The Bertz CT molecular complexity index is 1250. The molecule has 1 nitrogen and oxygen atoms in total. The maximum atomic E-state index is 14.1. The van der Waals surface area contributed by atoms with Crippen LogP contribution in [0.1, 0.15) is 71.2 Å². The Morgan fingerprint density at radius 3 is 2.50 bits per heavy atom. The van der Waals surface area contributed by atoms with Crippen molar-refractivity contribution >= 4 is 21.9 Å². The molecule has 3 heteroatoms. The lowest BCUT2D eigenvalue weighted by Crippen LogP contribution is -2.32. The van der Waals surface area contributed by atoms with Crippen LogP contribution in [0.3, 0.4) is 0 Å². The topological polar surface area (TPSA) is 3.88 Å². The monoisotopic (exact) mass is 404 g/mol. The molecule has 0 aliphatic heterocycles. The molecular formula is C27H28F2N+. The number of halogens is 2. The van der Waals surface area contributed by atoms with Gasteiger partial charge in [0.1, 0.15) is 7.05 Å². The molecule has 5 rings (SSSR count). The Morgan fingerprint density at radius 1 is 1.03 bits per heavy atom. The number of nitrogens with zero attached hydrogens (tertiary/aromatic N) is 1. The first kappa shape index (κ1) is 19.4. The van der Waals surface area contributed by atoms with Gasteiger partial charge in [-0.2, -0.15) is 0 Å². The van der Waals surface area contributed by atoms with E-state index in [2.05, 4.69) is 75.8 Å². The molecule has 2 aliphatic carbocycles. The second-order valence-corrected chi connectivity index (χ2v) is 9.32. The fourth-order valence-corrected chi connectivity index (χ4v) is 5.66. The summed E-state index contributed by atoms with van der Waals surface area (Å²) in [6, 6.07) is 10.9.